The lowest BCUT2D eigenvalue weighted by molar-refractivity contribution is -0.168. The van der Waals surface area contributed by atoms with E-state index < -0.39 is 11.7 Å². The number of carbonyl (C=O) groups is 1. The van der Waals surface area contributed by atoms with Crippen LogP contribution >= 0.6 is 0 Å². The molecule has 3 heteroatoms. The van der Waals surface area contributed by atoms with Crippen LogP contribution in [-0.4, -0.2) is 24.3 Å². The molecule has 0 N–H and O–H groups in total. The summed E-state index contributed by atoms with van der Waals surface area (Å²) in [5.41, 5.74) is -0.429. The Bertz CT molecular complexity index is 213. The Kier molecular flexibility index (Phi) is 3.09. The van der Waals surface area contributed by atoms with Gasteiger partial charge in [0.2, 0.25) is 0 Å². The predicted molar refractivity (Wildman–Crippen MR) is 49.3 cm³/mol. The first-order valence-corrected chi connectivity index (χ1v) is 4.48. The monoisotopic (exact) mass is 184 g/mol. The van der Waals surface area contributed by atoms with E-state index in [0.717, 1.165) is 0 Å². The van der Waals surface area contributed by atoms with E-state index in [9.17, 15) is 4.79 Å². The third-order valence-electron chi connectivity index (χ3n) is 1.58. The average Bonchev–Trinajstić information content (AvgIpc) is 2.03. The van der Waals surface area contributed by atoms with Crippen LogP contribution in [0, 0.1) is 0 Å². The van der Waals surface area contributed by atoms with Gasteiger partial charge < -0.3 is 9.47 Å². The second-order valence-corrected chi connectivity index (χ2v) is 4.06. The lowest BCUT2D eigenvalue weighted by atomic mass is 10.1. The molecule has 1 heterocycles. The second-order valence-electron chi connectivity index (χ2n) is 4.06. The molecule has 1 rings (SSSR count). The van der Waals surface area contributed by atoms with Gasteiger partial charge in [0.25, 0.3) is 0 Å². The van der Waals surface area contributed by atoms with E-state index in [1.165, 1.54) is 0 Å². The molecular weight excluding hydrogens is 168 g/mol. The van der Waals surface area contributed by atoms with Gasteiger partial charge in [0.15, 0.2) is 6.10 Å². The topological polar surface area (TPSA) is 35.5 Å². The maximum absolute atomic E-state index is 11.4. The second kappa shape index (κ2) is 3.92. The van der Waals surface area contributed by atoms with Gasteiger partial charge in [-0.05, 0) is 20.8 Å². The SMILES string of the molecule is CC(C)(C)OC(=O)C1CC=CCO1. The lowest BCUT2D eigenvalue weighted by Gasteiger charge is -2.24. The summed E-state index contributed by atoms with van der Waals surface area (Å²) in [5.74, 6) is -0.267. The van der Waals surface area contributed by atoms with Crippen LogP contribution in [0.2, 0.25) is 0 Å². The predicted octanol–water partition coefficient (Wildman–Crippen LogP) is 1.67. The summed E-state index contributed by atoms with van der Waals surface area (Å²) in [5, 5.41) is 0. The van der Waals surface area contributed by atoms with Crippen molar-refractivity contribution in [3.8, 4) is 0 Å². The van der Waals surface area contributed by atoms with E-state index in [2.05, 4.69) is 0 Å². The molecule has 1 aliphatic heterocycles. The Morgan fingerprint density at radius 3 is 2.62 bits per heavy atom. The van der Waals surface area contributed by atoms with Crippen molar-refractivity contribution in [1.29, 1.82) is 0 Å². The van der Waals surface area contributed by atoms with Crippen molar-refractivity contribution in [1.82, 2.24) is 0 Å². The highest BCUT2D eigenvalue weighted by Gasteiger charge is 2.25. The third-order valence-corrected chi connectivity index (χ3v) is 1.58. The Morgan fingerprint density at radius 2 is 2.15 bits per heavy atom. The summed E-state index contributed by atoms with van der Waals surface area (Å²) in [6.07, 6.45) is 4.05. The number of carbonyl (C=O) groups excluding carboxylic acids is 1. The molecule has 0 amide bonds. The summed E-state index contributed by atoms with van der Waals surface area (Å²) in [6, 6.07) is 0. The molecule has 13 heavy (non-hydrogen) atoms. The Morgan fingerprint density at radius 1 is 1.46 bits per heavy atom. The molecular formula is C10H16O3. The normalized spacial score (nSPS) is 22.8. The van der Waals surface area contributed by atoms with Gasteiger partial charge in [0.05, 0.1) is 6.61 Å². The average molecular weight is 184 g/mol. The van der Waals surface area contributed by atoms with E-state index in [-0.39, 0.29) is 5.97 Å². The van der Waals surface area contributed by atoms with E-state index in [1.807, 2.05) is 32.9 Å². The molecule has 74 valence electrons. The molecule has 1 atom stereocenters. The van der Waals surface area contributed by atoms with Crippen LogP contribution in [0.3, 0.4) is 0 Å². The zero-order valence-corrected chi connectivity index (χ0v) is 8.37. The Labute approximate surface area is 78.7 Å². The highest BCUT2D eigenvalue weighted by atomic mass is 16.6. The fourth-order valence-electron chi connectivity index (χ4n) is 1.06. The van der Waals surface area contributed by atoms with Crippen LogP contribution in [-0.2, 0) is 14.3 Å². The van der Waals surface area contributed by atoms with Crippen LogP contribution in [0.1, 0.15) is 27.2 Å². The van der Waals surface area contributed by atoms with E-state index >= 15 is 0 Å². The van der Waals surface area contributed by atoms with Gasteiger partial charge in [0.1, 0.15) is 5.60 Å². The maximum atomic E-state index is 11.4. The summed E-state index contributed by atoms with van der Waals surface area (Å²) in [7, 11) is 0. The molecule has 1 aliphatic rings. The van der Waals surface area contributed by atoms with Gasteiger partial charge in [-0.15, -0.1) is 0 Å². The molecule has 0 saturated carbocycles. The summed E-state index contributed by atoms with van der Waals surface area (Å²) >= 11 is 0. The molecule has 3 nitrogen and oxygen atoms in total. The van der Waals surface area contributed by atoms with E-state index in [4.69, 9.17) is 9.47 Å². The number of hydrogen-bond donors (Lipinski definition) is 0. The van der Waals surface area contributed by atoms with Crippen LogP contribution in [0.25, 0.3) is 0 Å². The van der Waals surface area contributed by atoms with Gasteiger partial charge in [0, 0.05) is 6.42 Å². The van der Waals surface area contributed by atoms with Gasteiger partial charge in [-0.3, -0.25) is 0 Å². The highest BCUT2D eigenvalue weighted by Crippen LogP contribution is 2.13. The Balaban J connectivity index is 2.43. The first-order chi connectivity index (χ1) is 5.99. The van der Waals surface area contributed by atoms with Crippen LogP contribution < -0.4 is 0 Å². The number of hydrogen-bond acceptors (Lipinski definition) is 3. The Hall–Kier alpha value is -0.830. The zero-order chi connectivity index (χ0) is 9.90. The van der Waals surface area contributed by atoms with Crippen molar-refractivity contribution in [3.05, 3.63) is 12.2 Å². The van der Waals surface area contributed by atoms with Crippen LogP contribution in [0.15, 0.2) is 12.2 Å². The molecule has 1 unspecified atom stereocenters. The molecule has 0 aromatic carbocycles. The van der Waals surface area contributed by atoms with Gasteiger partial charge in [-0.1, -0.05) is 12.2 Å². The first-order valence-electron chi connectivity index (χ1n) is 4.48. The number of ether oxygens (including phenoxy) is 2. The van der Waals surface area contributed by atoms with Crippen molar-refractivity contribution in [3.63, 3.8) is 0 Å². The fraction of sp³-hybridized carbons (Fsp3) is 0.700. The van der Waals surface area contributed by atoms with Crippen molar-refractivity contribution in [2.75, 3.05) is 6.61 Å². The fourth-order valence-corrected chi connectivity index (χ4v) is 1.06. The van der Waals surface area contributed by atoms with E-state index in [1.54, 1.807) is 0 Å². The minimum Gasteiger partial charge on any atom is -0.458 e. The van der Waals surface area contributed by atoms with Crippen molar-refractivity contribution < 1.29 is 14.3 Å². The van der Waals surface area contributed by atoms with Gasteiger partial charge in [-0.25, -0.2) is 4.79 Å². The summed E-state index contributed by atoms with van der Waals surface area (Å²) < 4.78 is 10.4. The highest BCUT2D eigenvalue weighted by molar-refractivity contribution is 5.75. The van der Waals surface area contributed by atoms with Crippen LogP contribution in [0.4, 0.5) is 0 Å². The standard InChI is InChI=1S/C10H16O3/c1-10(2,3)13-9(11)8-6-4-5-7-12-8/h4-5,8H,6-7H2,1-3H3. The molecule has 0 aromatic heterocycles. The molecule has 0 aliphatic carbocycles. The zero-order valence-electron chi connectivity index (χ0n) is 8.37. The lowest BCUT2D eigenvalue weighted by Crippen LogP contribution is -2.34. The third kappa shape index (κ3) is 3.59. The number of esters is 1. The molecule has 0 bridgehead atoms. The maximum Gasteiger partial charge on any atom is 0.336 e. The van der Waals surface area contributed by atoms with Crippen molar-refractivity contribution >= 4 is 5.97 Å². The summed E-state index contributed by atoms with van der Waals surface area (Å²) in [4.78, 5) is 11.4. The first kappa shape index (κ1) is 10.3. The number of rotatable bonds is 1. The van der Waals surface area contributed by atoms with Crippen molar-refractivity contribution in [2.24, 2.45) is 0 Å². The largest absolute Gasteiger partial charge is 0.458 e. The van der Waals surface area contributed by atoms with Gasteiger partial charge in [-0.2, -0.15) is 0 Å². The molecule has 0 radical (unpaired) electrons. The van der Waals surface area contributed by atoms with E-state index in [0.29, 0.717) is 13.0 Å². The van der Waals surface area contributed by atoms with Crippen molar-refractivity contribution in [2.45, 2.75) is 38.9 Å². The molecule has 0 fully saturated rings. The molecule has 0 saturated heterocycles. The minimum absolute atomic E-state index is 0.267. The summed E-state index contributed by atoms with van der Waals surface area (Å²) in [6.45, 7) is 6.06. The van der Waals surface area contributed by atoms with Gasteiger partial charge >= 0.3 is 5.97 Å². The molecule has 0 aromatic rings. The minimum atomic E-state index is -0.429. The smallest absolute Gasteiger partial charge is 0.336 e. The quantitative estimate of drug-likeness (QED) is 0.459. The molecule has 0 spiro atoms. The van der Waals surface area contributed by atoms with Crippen LogP contribution in [0.5, 0.6) is 0 Å².